The Kier molecular flexibility index (Phi) is 3.28. The molecule has 0 spiro atoms. The second-order valence-corrected chi connectivity index (χ2v) is 7.40. The van der Waals surface area contributed by atoms with E-state index in [0.29, 0.717) is 0 Å². The van der Waals surface area contributed by atoms with Crippen molar-refractivity contribution in [1.82, 2.24) is 0 Å². The largest absolute Gasteiger partial charge is 0.187 e. The molecule has 0 aliphatic rings. The number of allylic oxidation sites excluding steroid dienone is 1. The van der Waals surface area contributed by atoms with Gasteiger partial charge in [-0.25, -0.2) is 0 Å². The van der Waals surface area contributed by atoms with Crippen LogP contribution >= 0.6 is 10.5 Å². The fraction of sp³-hybridized carbons (Fsp3) is 0.0476. The molecule has 4 aromatic rings. The van der Waals surface area contributed by atoms with Crippen molar-refractivity contribution in [3.8, 4) is 4.90 Å². The Bertz CT molecular complexity index is 905. The molecule has 0 aliphatic carbocycles. The zero-order valence-electron chi connectivity index (χ0n) is 12.3. The minimum absolute atomic E-state index is 0.0214. The molecular weight excluding hydrogens is 284 g/mol. The standard InChI is InChI=1S/C21H17S/c1-2-7-16-12-14-17(15-13-16)22-20-10-5-3-8-18(20)19-9-4-6-11-21(19)22/h2-6,8-15H,1,7H2/q+1. The van der Waals surface area contributed by atoms with E-state index in [9.17, 15) is 0 Å². The lowest BCUT2D eigenvalue weighted by Crippen LogP contribution is -1.79. The van der Waals surface area contributed by atoms with E-state index >= 15 is 0 Å². The van der Waals surface area contributed by atoms with E-state index < -0.39 is 0 Å². The highest BCUT2D eigenvalue weighted by molar-refractivity contribution is 7.50. The third-order valence-electron chi connectivity index (χ3n) is 4.04. The fourth-order valence-electron chi connectivity index (χ4n) is 3.03. The molecule has 1 heteroatoms. The number of hydrogen-bond acceptors (Lipinski definition) is 0. The highest BCUT2D eigenvalue weighted by Gasteiger charge is 2.22. The second-order valence-electron chi connectivity index (χ2n) is 5.44. The summed E-state index contributed by atoms with van der Waals surface area (Å²) in [6.45, 7) is 3.82. The molecule has 0 radical (unpaired) electrons. The summed E-state index contributed by atoms with van der Waals surface area (Å²) >= 11 is 0. The molecule has 4 rings (SSSR count). The van der Waals surface area contributed by atoms with Crippen molar-refractivity contribution >= 4 is 30.6 Å². The lowest BCUT2D eigenvalue weighted by molar-refractivity contribution is 1.28. The van der Waals surface area contributed by atoms with Crippen molar-refractivity contribution in [3.05, 3.63) is 91.0 Å². The van der Waals surface area contributed by atoms with E-state index in [1.54, 1.807) is 0 Å². The quantitative estimate of drug-likeness (QED) is 0.301. The third-order valence-corrected chi connectivity index (χ3v) is 6.38. The summed E-state index contributed by atoms with van der Waals surface area (Å²) < 4.78 is 2.89. The van der Waals surface area contributed by atoms with Crippen molar-refractivity contribution in [1.29, 1.82) is 0 Å². The van der Waals surface area contributed by atoms with E-state index in [4.69, 9.17) is 0 Å². The summed E-state index contributed by atoms with van der Waals surface area (Å²) in [7, 11) is 0.0214. The van der Waals surface area contributed by atoms with Gasteiger partial charge in [0.2, 0.25) is 0 Å². The molecule has 0 amide bonds. The first-order valence-electron chi connectivity index (χ1n) is 7.51. The maximum absolute atomic E-state index is 3.82. The number of hydrogen-bond donors (Lipinski definition) is 0. The van der Waals surface area contributed by atoms with Crippen molar-refractivity contribution < 1.29 is 0 Å². The van der Waals surface area contributed by atoms with E-state index in [-0.39, 0.29) is 10.5 Å². The molecule has 0 fully saturated rings. The van der Waals surface area contributed by atoms with Gasteiger partial charge in [-0.2, -0.15) is 0 Å². The molecule has 3 aromatic carbocycles. The van der Waals surface area contributed by atoms with Crippen LogP contribution in [0.1, 0.15) is 5.56 Å². The second kappa shape index (κ2) is 5.43. The lowest BCUT2D eigenvalue weighted by atomic mass is 10.2. The van der Waals surface area contributed by atoms with Crippen LogP contribution in [0.25, 0.3) is 25.1 Å². The Labute approximate surface area is 133 Å². The van der Waals surface area contributed by atoms with Crippen molar-refractivity contribution in [2.24, 2.45) is 0 Å². The van der Waals surface area contributed by atoms with E-state index in [2.05, 4.69) is 79.4 Å². The SMILES string of the molecule is C=CCc1ccc(-[s+]2c3ccccc3c3ccccc32)cc1. The molecule has 0 bridgehead atoms. The monoisotopic (exact) mass is 301 g/mol. The predicted octanol–water partition coefficient (Wildman–Crippen LogP) is 6.46. The summed E-state index contributed by atoms with van der Waals surface area (Å²) in [5.41, 5.74) is 1.32. The van der Waals surface area contributed by atoms with Crippen LogP contribution in [-0.4, -0.2) is 0 Å². The molecule has 1 aromatic heterocycles. The van der Waals surface area contributed by atoms with Gasteiger partial charge in [-0.1, -0.05) is 42.5 Å². The summed E-state index contributed by atoms with van der Waals surface area (Å²) in [5.74, 6) is 0. The van der Waals surface area contributed by atoms with Gasteiger partial charge in [0.05, 0.1) is 0 Å². The van der Waals surface area contributed by atoms with Crippen LogP contribution in [0.3, 0.4) is 0 Å². The van der Waals surface area contributed by atoms with Gasteiger partial charge in [-0.05, 0) is 48.4 Å². The molecule has 0 saturated carbocycles. The van der Waals surface area contributed by atoms with Gasteiger partial charge in [0.15, 0.2) is 14.3 Å². The lowest BCUT2D eigenvalue weighted by Gasteiger charge is -1.97. The third kappa shape index (κ3) is 2.06. The normalized spacial score (nSPS) is 11.1. The maximum atomic E-state index is 3.82. The number of fused-ring (bicyclic) bond motifs is 3. The zero-order valence-corrected chi connectivity index (χ0v) is 13.1. The molecule has 106 valence electrons. The molecule has 1 heterocycles. The van der Waals surface area contributed by atoms with Crippen LogP contribution in [0.15, 0.2) is 85.5 Å². The van der Waals surface area contributed by atoms with Gasteiger partial charge in [0.25, 0.3) is 0 Å². The van der Waals surface area contributed by atoms with Crippen LogP contribution in [0.2, 0.25) is 0 Å². The summed E-state index contributed by atoms with van der Waals surface area (Å²) in [5, 5.41) is 2.77. The molecule has 0 aliphatic heterocycles. The predicted molar refractivity (Wildman–Crippen MR) is 99.2 cm³/mol. The van der Waals surface area contributed by atoms with E-state index in [1.807, 2.05) is 6.08 Å². The highest BCUT2D eigenvalue weighted by Crippen LogP contribution is 2.47. The van der Waals surface area contributed by atoms with Gasteiger partial charge in [-0.3, -0.25) is 0 Å². The first-order valence-corrected chi connectivity index (χ1v) is 8.73. The highest BCUT2D eigenvalue weighted by atomic mass is 32.2. The molecular formula is C21H17S+. The van der Waals surface area contributed by atoms with Crippen molar-refractivity contribution in [2.75, 3.05) is 0 Å². The molecule has 0 unspecified atom stereocenters. The molecule has 22 heavy (non-hydrogen) atoms. The Morgan fingerprint density at radius 3 is 1.82 bits per heavy atom. The topological polar surface area (TPSA) is 0 Å². The van der Waals surface area contributed by atoms with Crippen LogP contribution < -0.4 is 0 Å². The Morgan fingerprint density at radius 2 is 1.27 bits per heavy atom. The van der Waals surface area contributed by atoms with Gasteiger partial charge < -0.3 is 0 Å². The molecule has 0 nitrogen and oxygen atoms in total. The van der Waals surface area contributed by atoms with E-state index in [1.165, 1.54) is 30.6 Å². The number of benzene rings is 3. The van der Waals surface area contributed by atoms with Crippen molar-refractivity contribution in [3.63, 3.8) is 0 Å². The average molecular weight is 301 g/mol. The van der Waals surface area contributed by atoms with Gasteiger partial charge in [0, 0.05) is 21.2 Å². The first-order chi connectivity index (χ1) is 10.9. The smallest absolute Gasteiger partial charge is 0.103 e. The van der Waals surface area contributed by atoms with Crippen LogP contribution in [-0.2, 0) is 6.42 Å². The first kappa shape index (κ1) is 13.3. The Balaban J connectivity index is 2.01. The summed E-state index contributed by atoms with van der Waals surface area (Å²) in [4.78, 5) is 1.39. The van der Waals surface area contributed by atoms with Gasteiger partial charge >= 0.3 is 0 Å². The van der Waals surface area contributed by atoms with Crippen molar-refractivity contribution in [2.45, 2.75) is 6.42 Å². The van der Waals surface area contributed by atoms with Gasteiger partial charge in [0.1, 0.15) is 0 Å². The number of thiophene rings is 1. The van der Waals surface area contributed by atoms with Crippen LogP contribution in [0, 0.1) is 0 Å². The zero-order chi connectivity index (χ0) is 14.9. The van der Waals surface area contributed by atoms with Gasteiger partial charge in [-0.15, -0.1) is 6.58 Å². The summed E-state index contributed by atoms with van der Waals surface area (Å²) in [6.07, 6.45) is 2.89. The molecule has 0 saturated heterocycles. The van der Waals surface area contributed by atoms with Crippen LogP contribution in [0.4, 0.5) is 0 Å². The fourth-order valence-corrected chi connectivity index (χ4v) is 5.41. The maximum Gasteiger partial charge on any atom is 0.187 e. The average Bonchev–Trinajstić information content (AvgIpc) is 2.91. The minimum atomic E-state index is 0.0214. The van der Waals surface area contributed by atoms with Crippen LogP contribution in [0.5, 0.6) is 0 Å². The van der Waals surface area contributed by atoms with E-state index in [0.717, 1.165) is 6.42 Å². The number of rotatable bonds is 3. The summed E-state index contributed by atoms with van der Waals surface area (Å²) in [6, 6.07) is 26.6. The molecule has 0 N–H and O–H groups in total. The Hall–Kier alpha value is -2.38. The minimum Gasteiger partial charge on any atom is -0.103 e. The molecule has 0 atom stereocenters. The Morgan fingerprint density at radius 1 is 0.727 bits per heavy atom.